The van der Waals surface area contributed by atoms with Crippen molar-refractivity contribution in [2.75, 3.05) is 7.11 Å². The van der Waals surface area contributed by atoms with Crippen molar-refractivity contribution in [1.29, 1.82) is 5.26 Å². The Bertz CT molecular complexity index is 943. The molecular weight excluding hydrogens is 319 g/mol. The van der Waals surface area contributed by atoms with Crippen molar-refractivity contribution >= 4 is 0 Å². The molecule has 0 saturated carbocycles. The Labute approximate surface area is 145 Å². The standard InChI is InChI=1S/C19H17FN4O/c1-24-12-23-11-18(24)19(22,14-5-7-16(25-2)8-6-14)15-4-3-13(10-21)17(20)9-15/h3-9,11-12H,22H2,1-2H3. The molecule has 1 unspecified atom stereocenters. The fourth-order valence-corrected chi connectivity index (χ4v) is 2.90. The number of halogens is 1. The number of hydrogen-bond acceptors (Lipinski definition) is 4. The zero-order valence-electron chi connectivity index (χ0n) is 13.9. The molecule has 0 aliphatic heterocycles. The van der Waals surface area contributed by atoms with Crippen LogP contribution in [0.2, 0.25) is 0 Å². The van der Waals surface area contributed by atoms with Crippen molar-refractivity contribution in [1.82, 2.24) is 9.55 Å². The molecule has 25 heavy (non-hydrogen) atoms. The summed E-state index contributed by atoms with van der Waals surface area (Å²) < 4.78 is 21.2. The van der Waals surface area contributed by atoms with Gasteiger partial charge in [0, 0.05) is 7.05 Å². The number of nitrogens with two attached hydrogens (primary N) is 1. The van der Waals surface area contributed by atoms with Crippen LogP contribution in [0.1, 0.15) is 22.4 Å². The van der Waals surface area contributed by atoms with Crippen LogP contribution in [-0.4, -0.2) is 16.7 Å². The molecule has 2 aromatic carbocycles. The molecule has 3 rings (SSSR count). The van der Waals surface area contributed by atoms with E-state index in [0.29, 0.717) is 17.0 Å². The summed E-state index contributed by atoms with van der Waals surface area (Å²) >= 11 is 0. The van der Waals surface area contributed by atoms with Gasteiger partial charge >= 0.3 is 0 Å². The van der Waals surface area contributed by atoms with Crippen molar-refractivity contribution in [3.63, 3.8) is 0 Å². The molecule has 0 aliphatic rings. The van der Waals surface area contributed by atoms with Gasteiger partial charge in [0.05, 0.1) is 30.9 Å². The Balaban J connectivity index is 2.24. The van der Waals surface area contributed by atoms with Crippen LogP contribution in [-0.2, 0) is 12.6 Å². The van der Waals surface area contributed by atoms with E-state index in [1.807, 2.05) is 25.2 Å². The van der Waals surface area contributed by atoms with Gasteiger partial charge in [-0.2, -0.15) is 5.26 Å². The quantitative estimate of drug-likeness (QED) is 0.795. The lowest BCUT2D eigenvalue weighted by atomic mass is 9.80. The lowest BCUT2D eigenvalue weighted by Gasteiger charge is -2.31. The van der Waals surface area contributed by atoms with Crippen LogP contribution in [0.15, 0.2) is 55.0 Å². The lowest BCUT2D eigenvalue weighted by Crippen LogP contribution is -2.41. The fraction of sp³-hybridized carbons (Fsp3) is 0.158. The number of aromatic nitrogens is 2. The first-order valence-electron chi connectivity index (χ1n) is 7.61. The maximum atomic E-state index is 14.2. The SMILES string of the molecule is COc1ccc(C(N)(c2ccc(C#N)c(F)c2)c2cncn2C)cc1. The fourth-order valence-electron chi connectivity index (χ4n) is 2.90. The van der Waals surface area contributed by atoms with E-state index < -0.39 is 11.4 Å². The molecule has 1 atom stereocenters. The molecule has 0 spiro atoms. The van der Waals surface area contributed by atoms with Crippen LogP contribution in [0.3, 0.4) is 0 Å². The lowest BCUT2D eigenvalue weighted by molar-refractivity contribution is 0.414. The highest BCUT2D eigenvalue weighted by Crippen LogP contribution is 2.35. The monoisotopic (exact) mass is 336 g/mol. The normalized spacial score (nSPS) is 13.1. The average molecular weight is 336 g/mol. The number of rotatable bonds is 4. The smallest absolute Gasteiger partial charge is 0.141 e. The first kappa shape index (κ1) is 16.7. The van der Waals surface area contributed by atoms with E-state index in [1.165, 1.54) is 12.1 Å². The molecule has 5 nitrogen and oxygen atoms in total. The van der Waals surface area contributed by atoms with Gasteiger partial charge in [-0.05, 0) is 35.4 Å². The largest absolute Gasteiger partial charge is 0.497 e. The third kappa shape index (κ3) is 2.75. The van der Waals surface area contributed by atoms with Crippen molar-refractivity contribution in [2.24, 2.45) is 12.8 Å². The van der Waals surface area contributed by atoms with Crippen molar-refractivity contribution in [2.45, 2.75) is 5.54 Å². The second kappa shape index (κ2) is 6.38. The number of methoxy groups -OCH3 is 1. The van der Waals surface area contributed by atoms with E-state index in [1.54, 1.807) is 42.4 Å². The zero-order valence-corrected chi connectivity index (χ0v) is 13.9. The van der Waals surface area contributed by atoms with Crippen molar-refractivity contribution < 1.29 is 9.13 Å². The highest BCUT2D eigenvalue weighted by molar-refractivity contribution is 5.49. The number of nitrogens with zero attached hydrogens (tertiary/aromatic N) is 3. The van der Waals surface area contributed by atoms with Gasteiger partial charge in [0.1, 0.15) is 23.2 Å². The molecule has 0 fully saturated rings. The molecule has 0 aliphatic carbocycles. The van der Waals surface area contributed by atoms with Crippen molar-refractivity contribution in [3.8, 4) is 11.8 Å². The Morgan fingerprint density at radius 1 is 1.20 bits per heavy atom. The summed E-state index contributed by atoms with van der Waals surface area (Å²) in [7, 11) is 3.41. The second-order valence-electron chi connectivity index (χ2n) is 5.73. The third-order valence-electron chi connectivity index (χ3n) is 4.31. The molecule has 6 heteroatoms. The first-order chi connectivity index (χ1) is 12.0. The first-order valence-corrected chi connectivity index (χ1v) is 7.61. The number of nitriles is 1. The van der Waals surface area contributed by atoms with Crippen LogP contribution in [0.4, 0.5) is 4.39 Å². The minimum Gasteiger partial charge on any atom is -0.497 e. The summed E-state index contributed by atoms with van der Waals surface area (Å²) in [4.78, 5) is 4.14. The maximum absolute atomic E-state index is 14.2. The van der Waals surface area contributed by atoms with Crippen LogP contribution in [0, 0.1) is 17.1 Å². The molecule has 3 aromatic rings. The molecule has 1 aromatic heterocycles. The maximum Gasteiger partial charge on any atom is 0.141 e. The summed E-state index contributed by atoms with van der Waals surface area (Å²) in [6, 6.07) is 13.5. The van der Waals surface area contributed by atoms with Gasteiger partial charge < -0.3 is 15.0 Å². The molecule has 0 saturated heterocycles. The van der Waals surface area contributed by atoms with Gasteiger partial charge in [-0.1, -0.05) is 18.2 Å². The Morgan fingerprint density at radius 3 is 2.40 bits per heavy atom. The van der Waals surface area contributed by atoms with Crippen molar-refractivity contribution in [3.05, 3.63) is 83.2 Å². The third-order valence-corrected chi connectivity index (χ3v) is 4.31. The highest BCUT2D eigenvalue weighted by Gasteiger charge is 2.35. The zero-order chi connectivity index (χ0) is 18.0. The number of ether oxygens (including phenoxy) is 1. The van der Waals surface area contributed by atoms with Gasteiger partial charge in [-0.3, -0.25) is 0 Å². The number of hydrogen-bond donors (Lipinski definition) is 1. The Morgan fingerprint density at radius 2 is 1.88 bits per heavy atom. The van der Waals surface area contributed by atoms with E-state index in [2.05, 4.69) is 4.98 Å². The number of benzene rings is 2. The van der Waals surface area contributed by atoms with Gasteiger partial charge in [-0.25, -0.2) is 9.37 Å². The molecule has 126 valence electrons. The minimum atomic E-state index is -1.13. The van der Waals surface area contributed by atoms with Gasteiger partial charge in [0.15, 0.2) is 0 Å². The molecule has 2 N–H and O–H groups in total. The molecule has 1 heterocycles. The molecular formula is C19H17FN4O. The predicted molar refractivity (Wildman–Crippen MR) is 91.4 cm³/mol. The number of imidazole rings is 1. The van der Waals surface area contributed by atoms with Crippen LogP contribution in [0.5, 0.6) is 5.75 Å². The Hall–Kier alpha value is -3.17. The van der Waals surface area contributed by atoms with E-state index in [9.17, 15) is 4.39 Å². The van der Waals surface area contributed by atoms with Gasteiger partial charge in [-0.15, -0.1) is 0 Å². The Kier molecular flexibility index (Phi) is 4.26. The number of aryl methyl sites for hydroxylation is 1. The van der Waals surface area contributed by atoms with Crippen LogP contribution < -0.4 is 10.5 Å². The second-order valence-corrected chi connectivity index (χ2v) is 5.73. The van der Waals surface area contributed by atoms with E-state index in [4.69, 9.17) is 15.7 Å². The highest BCUT2D eigenvalue weighted by atomic mass is 19.1. The summed E-state index contributed by atoms with van der Waals surface area (Å²) in [5.74, 6) is 0.0904. The van der Waals surface area contributed by atoms with E-state index >= 15 is 0 Å². The van der Waals surface area contributed by atoms with Gasteiger partial charge in [0.25, 0.3) is 0 Å². The predicted octanol–water partition coefficient (Wildman–Crippen LogP) is 2.69. The van der Waals surface area contributed by atoms with E-state index in [-0.39, 0.29) is 5.56 Å². The van der Waals surface area contributed by atoms with E-state index in [0.717, 1.165) is 5.56 Å². The molecule has 0 amide bonds. The summed E-state index contributed by atoms with van der Waals surface area (Å²) in [5.41, 5.74) is 7.63. The average Bonchev–Trinajstić information content (AvgIpc) is 3.07. The summed E-state index contributed by atoms with van der Waals surface area (Å²) in [5, 5.41) is 8.97. The summed E-state index contributed by atoms with van der Waals surface area (Å²) in [6.45, 7) is 0. The van der Waals surface area contributed by atoms with Crippen LogP contribution in [0.25, 0.3) is 0 Å². The van der Waals surface area contributed by atoms with Gasteiger partial charge in [0.2, 0.25) is 0 Å². The molecule has 0 bridgehead atoms. The topological polar surface area (TPSA) is 76.9 Å². The minimum absolute atomic E-state index is 0.0224. The van der Waals surface area contributed by atoms with Crippen LogP contribution >= 0.6 is 0 Å². The summed E-state index contributed by atoms with van der Waals surface area (Å²) in [6.07, 6.45) is 3.29. The molecule has 0 radical (unpaired) electrons.